The van der Waals surface area contributed by atoms with E-state index >= 15 is 0 Å². The van der Waals surface area contributed by atoms with Crippen LogP contribution in [0.15, 0.2) is 52.2 Å². The van der Waals surface area contributed by atoms with Crippen LogP contribution in [0.25, 0.3) is 16.6 Å². The zero-order valence-corrected chi connectivity index (χ0v) is 13.9. The van der Waals surface area contributed by atoms with Gasteiger partial charge in [-0.2, -0.15) is 0 Å². The number of fused-ring (bicyclic) bond motifs is 2. The SMILES string of the molecule is Cc1cccc(-n2c3c(c(=O)c4ccccc42)CC(C)O3)c1S. The summed E-state index contributed by atoms with van der Waals surface area (Å²) in [5.41, 5.74) is 3.71. The molecule has 1 aliphatic rings. The number of para-hydroxylation sites is 1. The number of aromatic nitrogens is 1. The number of ether oxygens (including phenoxy) is 1. The minimum atomic E-state index is 0.00828. The van der Waals surface area contributed by atoms with Gasteiger partial charge in [-0.1, -0.05) is 24.3 Å². The molecule has 3 aromatic rings. The van der Waals surface area contributed by atoms with E-state index in [1.165, 1.54) is 0 Å². The van der Waals surface area contributed by atoms with Gasteiger partial charge in [0.2, 0.25) is 5.88 Å². The maximum atomic E-state index is 12.8. The van der Waals surface area contributed by atoms with Crippen LogP contribution in [0.4, 0.5) is 0 Å². The maximum absolute atomic E-state index is 12.8. The smallest absolute Gasteiger partial charge is 0.206 e. The first-order chi connectivity index (χ1) is 11.1. The van der Waals surface area contributed by atoms with E-state index in [-0.39, 0.29) is 11.5 Å². The minimum Gasteiger partial charge on any atom is -0.475 e. The molecule has 2 heterocycles. The molecular weight excluding hydrogens is 306 g/mol. The van der Waals surface area contributed by atoms with E-state index in [0.29, 0.717) is 12.3 Å². The number of rotatable bonds is 1. The fourth-order valence-electron chi connectivity index (χ4n) is 3.25. The van der Waals surface area contributed by atoms with Gasteiger partial charge in [0.25, 0.3) is 0 Å². The van der Waals surface area contributed by atoms with Gasteiger partial charge in [-0.25, -0.2) is 0 Å². The van der Waals surface area contributed by atoms with Crippen LogP contribution in [0.2, 0.25) is 0 Å². The third-order valence-electron chi connectivity index (χ3n) is 4.39. The fourth-order valence-corrected chi connectivity index (χ4v) is 3.50. The first-order valence-electron chi connectivity index (χ1n) is 7.70. The molecule has 0 aliphatic carbocycles. The van der Waals surface area contributed by atoms with Crippen molar-refractivity contribution >= 4 is 23.5 Å². The van der Waals surface area contributed by atoms with E-state index in [1.54, 1.807) is 0 Å². The predicted octanol–water partition coefficient (Wildman–Crippen LogP) is 3.91. The summed E-state index contributed by atoms with van der Waals surface area (Å²) in [5, 5.41) is 0.721. The third-order valence-corrected chi connectivity index (χ3v) is 4.97. The normalized spacial score (nSPS) is 16.4. The second kappa shape index (κ2) is 5.17. The molecular formula is C19H17NO2S. The molecule has 4 heteroatoms. The van der Waals surface area contributed by atoms with E-state index in [4.69, 9.17) is 4.74 Å². The lowest BCUT2D eigenvalue weighted by atomic mass is 10.1. The van der Waals surface area contributed by atoms with E-state index < -0.39 is 0 Å². The molecule has 0 spiro atoms. The summed E-state index contributed by atoms with van der Waals surface area (Å²) < 4.78 is 8.04. The third kappa shape index (κ3) is 2.09. The number of hydrogen-bond donors (Lipinski definition) is 1. The Morgan fingerprint density at radius 3 is 2.78 bits per heavy atom. The molecule has 1 atom stereocenters. The van der Waals surface area contributed by atoms with Gasteiger partial charge >= 0.3 is 0 Å². The number of aryl methyl sites for hydroxylation is 1. The quantitative estimate of drug-likeness (QED) is 0.688. The van der Waals surface area contributed by atoms with Gasteiger partial charge < -0.3 is 4.74 Å². The molecule has 3 nitrogen and oxygen atoms in total. The van der Waals surface area contributed by atoms with Gasteiger partial charge in [-0.3, -0.25) is 9.36 Å². The van der Waals surface area contributed by atoms with E-state index in [1.807, 2.05) is 60.9 Å². The molecule has 0 fully saturated rings. The number of thiol groups is 1. The Kier molecular flexibility index (Phi) is 3.23. The maximum Gasteiger partial charge on any atom is 0.206 e. The standard InChI is InChI=1S/C19H17NO2S/c1-11-6-5-9-16(18(11)23)20-15-8-4-3-7-13(15)17(21)14-10-12(2)22-19(14)20/h3-9,12,23H,10H2,1-2H3. The lowest BCUT2D eigenvalue weighted by molar-refractivity contribution is 0.242. The predicted molar refractivity (Wildman–Crippen MR) is 95.3 cm³/mol. The lowest BCUT2D eigenvalue weighted by Gasteiger charge is -2.18. The van der Waals surface area contributed by atoms with Crippen molar-refractivity contribution in [2.24, 2.45) is 0 Å². The van der Waals surface area contributed by atoms with E-state index in [9.17, 15) is 4.79 Å². The minimum absolute atomic E-state index is 0.00828. The lowest BCUT2D eigenvalue weighted by Crippen LogP contribution is -2.13. The molecule has 4 rings (SSSR count). The molecule has 1 aliphatic heterocycles. The Labute approximate surface area is 139 Å². The monoisotopic (exact) mass is 323 g/mol. The van der Waals surface area contributed by atoms with Crippen molar-refractivity contribution in [2.45, 2.75) is 31.3 Å². The van der Waals surface area contributed by atoms with Gasteiger partial charge in [0, 0.05) is 16.7 Å². The van der Waals surface area contributed by atoms with Crippen LogP contribution in [0.1, 0.15) is 18.1 Å². The molecule has 0 saturated heterocycles. The second-order valence-electron chi connectivity index (χ2n) is 6.04. The highest BCUT2D eigenvalue weighted by molar-refractivity contribution is 7.80. The molecule has 0 N–H and O–H groups in total. The van der Waals surface area contributed by atoms with Gasteiger partial charge in [0.05, 0.1) is 16.8 Å². The topological polar surface area (TPSA) is 31.2 Å². The molecule has 1 aromatic heterocycles. The Morgan fingerprint density at radius 2 is 1.96 bits per heavy atom. The molecule has 116 valence electrons. The highest BCUT2D eigenvalue weighted by Crippen LogP contribution is 2.35. The second-order valence-corrected chi connectivity index (χ2v) is 6.49. The van der Waals surface area contributed by atoms with Crippen LogP contribution in [-0.4, -0.2) is 10.7 Å². The van der Waals surface area contributed by atoms with Crippen molar-refractivity contribution in [2.75, 3.05) is 0 Å². The van der Waals surface area contributed by atoms with Crippen LogP contribution in [0, 0.1) is 6.92 Å². The van der Waals surface area contributed by atoms with Crippen molar-refractivity contribution in [1.82, 2.24) is 4.57 Å². The summed E-state index contributed by atoms with van der Waals surface area (Å²) in [6.07, 6.45) is 0.654. The van der Waals surface area contributed by atoms with Crippen LogP contribution in [0.5, 0.6) is 5.88 Å². The average molecular weight is 323 g/mol. The highest BCUT2D eigenvalue weighted by Gasteiger charge is 2.28. The van der Waals surface area contributed by atoms with Crippen LogP contribution >= 0.6 is 12.6 Å². The van der Waals surface area contributed by atoms with Gasteiger partial charge in [-0.15, -0.1) is 12.6 Å². The highest BCUT2D eigenvalue weighted by atomic mass is 32.1. The molecule has 0 radical (unpaired) electrons. The average Bonchev–Trinajstić information content (AvgIpc) is 2.93. The molecule has 0 saturated carbocycles. The number of pyridine rings is 1. The fraction of sp³-hybridized carbons (Fsp3) is 0.211. The summed E-state index contributed by atoms with van der Waals surface area (Å²) in [4.78, 5) is 13.7. The summed E-state index contributed by atoms with van der Waals surface area (Å²) in [7, 11) is 0. The number of hydrogen-bond acceptors (Lipinski definition) is 3. The van der Waals surface area contributed by atoms with Gasteiger partial charge in [-0.05, 0) is 37.6 Å². The Bertz CT molecular complexity index is 991. The first-order valence-corrected chi connectivity index (χ1v) is 8.15. The van der Waals surface area contributed by atoms with Gasteiger partial charge in [0.15, 0.2) is 5.43 Å². The van der Waals surface area contributed by atoms with Crippen molar-refractivity contribution < 1.29 is 4.74 Å². The summed E-state index contributed by atoms with van der Waals surface area (Å²) in [5.74, 6) is 0.655. The Balaban J connectivity index is 2.19. The molecule has 0 bridgehead atoms. The van der Waals surface area contributed by atoms with Crippen molar-refractivity contribution in [3.63, 3.8) is 0 Å². The van der Waals surface area contributed by atoms with Crippen LogP contribution < -0.4 is 10.2 Å². The van der Waals surface area contributed by atoms with Crippen molar-refractivity contribution in [3.8, 4) is 11.6 Å². The number of benzene rings is 2. The summed E-state index contributed by atoms with van der Waals surface area (Å²) in [6, 6.07) is 13.7. The zero-order valence-electron chi connectivity index (χ0n) is 13.0. The molecule has 1 unspecified atom stereocenters. The van der Waals surface area contributed by atoms with Crippen molar-refractivity contribution in [1.29, 1.82) is 0 Å². The molecule has 0 amide bonds. The Hall–Kier alpha value is -2.20. The van der Waals surface area contributed by atoms with Crippen molar-refractivity contribution in [3.05, 3.63) is 63.8 Å². The van der Waals surface area contributed by atoms with Gasteiger partial charge in [0.1, 0.15) is 6.10 Å². The zero-order chi connectivity index (χ0) is 16.1. The Morgan fingerprint density at radius 1 is 1.17 bits per heavy atom. The molecule has 23 heavy (non-hydrogen) atoms. The van der Waals surface area contributed by atoms with E-state index in [0.717, 1.165) is 32.6 Å². The number of nitrogens with zero attached hydrogens (tertiary/aromatic N) is 1. The van der Waals surface area contributed by atoms with Crippen LogP contribution in [0.3, 0.4) is 0 Å². The van der Waals surface area contributed by atoms with E-state index in [2.05, 4.69) is 12.6 Å². The summed E-state index contributed by atoms with van der Waals surface area (Å²) >= 11 is 4.68. The largest absolute Gasteiger partial charge is 0.475 e. The molecule has 2 aromatic carbocycles. The summed E-state index contributed by atoms with van der Waals surface area (Å²) in [6.45, 7) is 4.02. The first kappa shape index (κ1) is 14.4. The van der Waals surface area contributed by atoms with Crippen LogP contribution in [-0.2, 0) is 6.42 Å².